The molecule has 1 rings (SSSR count). The Morgan fingerprint density at radius 3 is 2.00 bits per heavy atom. The molecule has 0 aliphatic rings. The van der Waals surface area contributed by atoms with E-state index in [9.17, 15) is 0 Å². The molecule has 0 unspecified atom stereocenters. The first-order chi connectivity index (χ1) is 5.35. The van der Waals surface area contributed by atoms with E-state index in [4.69, 9.17) is 0 Å². The summed E-state index contributed by atoms with van der Waals surface area (Å²) in [6.45, 7) is 3.63. The first-order valence-corrected chi connectivity index (χ1v) is 3.61. The normalized spacial score (nSPS) is 7.82. The molecule has 62 valence electrons. The van der Waals surface area contributed by atoms with Crippen LogP contribution >= 0.6 is 0 Å². The van der Waals surface area contributed by atoms with Crippen LogP contribution in [0.5, 0.6) is 0 Å². The third-order valence-electron chi connectivity index (χ3n) is 1.04. The fraction of sp³-hybridized carbons (Fsp3) is 0.200. The molecule has 0 atom stereocenters. The second-order valence-electron chi connectivity index (χ2n) is 2.11. The summed E-state index contributed by atoms with van der Waals surface area (Å²) in [6.07, 6.45) is 1.83. The maximum absolute atomic E-state index is 3.63. The van der Waals surface area contributed by atoms with E-state index in [0.29, 0.717) is 0 Å². The molecule has 0 fully saturated rings. The van der Waals surface area contributed by atoms with Crippen molar-refractivity contribution in [2.24, 2.45) is 0 Å². The average molecular weight is 151 g/mol. The molecule has 0 amide bonds. The lowest BCUT2D eigenvalue weighted by atomic mass is 10.2. The molecular formula is C10H17N. The van der Waals surface area contributed by atoms with E-state index in [0.717, 1.165) is 0 Å². The molecule has 0 spiro atoms. The number of nitrogens with one attached hydrogen (secondary N) is 1. The van der Waals surface area contributed by atoms with Gasteiger partial charge in [-0.05, 0) is 19.7 Å². The highest BCUT2D eigenvalue weighted by Gasteiger charge is 1.75. The van der Waals surface area contributed by atoms with Gasteiger partial charge in [-0.15, -0.1) is 0 Å². The smallest absolute Gasteiger partial charge is 0 e. The van der Waals surface area contributed by atoms with Crippen molar-refractivity contribution in [1.29, 1.82) is 0 Å². The van der Waals surface area contributed by atoms with Crippen molar-refractivity contribution in [2.45, 2.75) is 0 Å². The number of hydrogen-bond donors (Lipinski definition) is 1. The molecule has 0 aliphatic carbocycles. The van der Waals surface area contributed by atoms with E-state index < -0.39 is 0 Å². The van der Waals surface area contributed by atoms with Crippen molar-refractivity contribution >= 4 is 6.08 Å². The minimum atomic E-state index is 0. The lowest BCUT2D eigenvalue weighted by Gasteiger charge is -1.85. The zero-order valence-electron chi connectivity index (χ0n) is 7.17. The van der Waals surface area contributed by atoms with Gasteiger partial charge in [-0.1, -0.05) is 43.0 Å². The van der Waals surface area contributed by atoms with Gasteiger partial charge in [-0.2, -0.15) is 0 Å². The molecule has 0 aromatic heterocycles. The lowest BCUT2D eigenvalue weighted by molar-refractivity contribution is 1.02. The van der Waals surface area contributed by atoms with E-state index >= 15 is 0 Å². The van der Waals surface area contributed by atoms with Crippen LogP contribution in [0.3, 0.4) is 0 Å². The molecule has 1 heteroatoms. The van der Waals surface area contributed by atoms with Gasteiger partial charge in [-0.3, -0.25) is 0 Å². The van der Waals surface area contributed by atoms with E-state index in [2.05, 4.69) is 11.9 Å². The van der Waals surface area contributed by atoms with Gasteiger partial charge in [-0.25, -0.2) is 0 Å². The summed E-state index contributed by atoms with van der Waals surface area (Å²) >= 11 is 0. The Morgan fingerprint density at radius 2 is 1.73 bits per heavy atom. The molecular weight excluding hydrogens is 134 g/mol. The first-order valence-electron chi connectivity index (χ1n) is 3.61. The van der Waals surface area contributed by atoms with Crippen molar-refractivity contribution in [1.82, 2.24) is 5.32 Å². The molecule has 0 saturated heterocycles. The van der Waals surface area contributed by atoms with Crippen molar-refractivity contribution < 1.29 is 1.43 Å². The zero-order valence-corrected chi connectivity index (χ0v) is 7.17. The topological polar surface area (TPSA) is 12.0 Å². The van der Waals surface area contributed by atoms with Crippen LogP contribution in [-0.4, -0.2) is 14.1 Å². The Kier molecular flexibility index (Phi) is 6.34. The summed E-state index contributed by atoms with van der Waals surface area (Å²) in [5.74, 6) is 0. The van der Waals surface area contributed by atoms with Crippen LogP contribution in [0.15, 0.2) is 36.9 Å². The van der Waals surface area contributed by atoms with Gasteiger partial charge >= 0.3 is 0 Å². The maximum Gasteiger partial charge on any atom is 0 e. The van der Waals surface area contributed by atoms with E-state index in [-0.39, 0.29) is 1.43 Å². The first kappa shape index (κ1) is 9.92. The molecule has 1 nitrogen and oxygen atoms in total. The van der Waals surface area contributed by atoms with E-state index in [1.165, 1.54) is 5.56 Å². The largest absolute Gasteiger partial charge is 0.323 e. The summed E-state index contributed by atoms with van der Waals surface area (Å²) in [6, 6.07) is 10.0. The number of benzene rings is 1. The second-order valence-corrected chi connectivity index (χ2v) is 2.11. The minimum Gasteiger partial charge on any atom is -0.323 e. The van der Waals surface area contributed by atoms with Crippen LogP contribution in [0.1, 0.15) is 6.99 Å². The molecule has 0 bridgehead atoms. The predicted octanol–water partition coefficient (Wildman–Crippen LogP) is 2.41. The SMILES string of the molecule is C=Cc1ccccc1.CNC.[HH]. The van der Waals surface area contributed by atoms with Crippen LogP contribution in [0, 0.1) is 0 Å². The molecule has 1 aromatic rings. The molecule has 1 N–H and O–H groups in total. The van der Waals surface area contributed by atoms with Gasteiger partial charge in [0.25, 0.3) is 0 Å². The highest BCUT2D eigenvalue weighted by atomic mass is 14.7. The highest BCUT2D eigenvalue weighted by molar-refractivity contribution is 5.45. The predicted molar refractivity (Wildman–Crippen MR) is 53.6 cm³/mol. The van der Waals surface area contributed by atoms with Crippen LogP contribution < -0.4 is 5.32 Å². The third kappa shape index (κ3) is 5.37. The van der Waals surface area contributed by atoms with Crippen molar-refractivity contribution in [3.63, 3.8) is 0 Å². The van der Waals surface area contributed by atoms with Gasteiger partial charge in [0.1, 0.15) is 0 Å². The summed E-state index contributed by atoms with van der Waals surface area (Å²) in [5.41, 5.74) is 1.17. The van der Waals surface area contributed by atoms with Gasteiger partial charge in [0, 0.05) is 1.43 Å². The van der Waals surface area contributed by atoms with E-state index in [1.807, 2.05) is 50.5 Å². The third-order valence-corrected chi connectivity index (χ3v) is 1.04. The highest BCUT2D eigenvalue weighted by Crippen LogP contribution is 1.97. The monoisotopic (exact) mass is 151 g/mol. The Balaban J connectivity index is 0. The van der Waals surface area contributed by atoms with Gasteiger partial charge in [0.15, 0.2) is 0 Å². The second kappa shape index (κ2) is 7.03. The van der Waals surface area contributed by atoms with Crippen molar-refractivity contribution in [3.8, 4) is 0 Å². The van der Waals surface area contributed by atoms with Crippen molar-refractivity contribution in [3.05, 3.63) is 42.5 Å². The number of hydrogen-bond acceptors (Lipinski definition) is 1. The fourth-order valence-corrected chi connectivity index (χ4v) is 0.589. The maximum atomic E-state index is 3.63. The van der Waals surface area contributed by atoms with Crippen molar-refractivity contribution in [2.75, 3.05) is 14.1 Å². The minimum absolute atomic E-state index is 0. The Morgan fingerprint density at radius 1 is 1.27 bits per heavy atom. The summed E-state index contributed by atoms with van der Waals surface area (Å²) < 4.78 is 0. The fourth-order valence-electron chi connectivity index (χ4n) is 0.589. The van der Waals surface area contributed by atoms with Crippen LogP contribution in [0.2, 0.25) is 0 Å². The Labute approximate surface area is 70.2 Å². The summed E-state index contributed by atoms with van der Waals surface area (Å²) in [5, 5.41) is 2.75. The zero-order chi connectivity index (χ0) is 8.53. The molecule has 1 aromatic carbocycles. The molecule has 0 heterocycles. The average Bonchev–Trinajstić information content (AvgIpc) is 2.08. The van der Waals surface area contributed by atoms with Crippen LogP contribution in [-0.2, 0) is 0 Å². The lowest BCUT2D eigenvalue weighted by Crippen LogP contribution is -1.89. The molecule has 0 radical (unpaired) electrons. The molecule has 0 aliphatic heterocycles. The standard InChI is InChI=1S/C8H8.C2H7N.H2/c1-2-8-6-4-3-5-7-8;1-3-2;/h2-7H,1H2;3H,1-2H3;1H. The number of rotatable bonds is 1. The van der Waals surface area contributed by atoms with Gasteiger partial charge in [0.05, 0.1) is 0 Å². The van der Waals surface area contributed by atoms with Gasteiger partial charge < -0.3 is 5.32 Å². The summed E-state index contributed by atoms with van der Waals surface area (Å²) in [4.78, 5) is 0. The van der Waals surface area contributed by atoms with E-state index in [1.54, 1.807) is 0 Å². The Bertz CT molecular complexity index is 184. The molecule has 0 saturated carbocycles. The summed E-state index contributed by atoms with van der Waals surface area (Å²) in [7, 11) is 3.75. The quantitative estimate of drug-likeness (QED) is 0.650. The molecule has 11 heavy (non-hydrogen) atoms. The Hall–Kier alpha value is -1.08. The van der Waals surface area contributed by atoms with Crippen LogP contribution in [0.4, 0.5) is 0 Å². The van der Waals surface area contributed by atoms with Gasteiger partial charge in [0.2, 0.25) is 0 Å². The van der Waals surface area contributed by atoms with Crippen LogP contribution in [0.25, 0.3) is 6.08 Å².